The highest BCUT2D eigenvalue weighted by Crippen LogP contribution is 2.40. The van der Waals surface area contributed by atoms with Crippen LogP contribution in [-0.4, -0.2) is 47.5 Å². The Hall–Kier alpha value is -2.61. The maximum absolute atomic E-state index is 13.4. The predicted molar refractivity (Wildman–Crippen MR) is 120 cm³/mol. The SMILES string of the molecule is O=C(NCc1ccccn1)[C@H]1Cc2cc(C(F)(F)F)ccc2N2CCN(C3CCCC3)C[C@H]12. The molecule has 3 heterocycles. The quantitative estimate of drug-likeness (QED) is 0.752. The molecule has 2 fully saturated rings. The molecule has 2 atom stereocenters. The van der Waals surface area contributed by atoms with Crippen molar-refractivity contribution in [1.82, 2.24) is 15.2 Å². The van der Waals surface area contributed by atoms with E-state index in [2.05, 4.69) is 20.1 Å². The highest BCUT2D eigenvalue weighted by Gasteiger charge is 2.43. The molecule has 1 aromatic heterocycles. The fourth-order valence-electron chi connectivity index (χ4n) is 5.73. The minimum Gasteiger partial charge on any atom is -0.365 e. The van der Waals surface area contributed by atoms with Crippen LogP contribution in [0.5, 0.6) is 0 Å². The highest BCUT2D eigenvalue weighted by atomic mass is 19.4. The standard InChI is InChI=1S/C25H29F3N4O/c26-25(27,28)18-8-9-22-17(13-18)14-21(24(33)30-15-19-5-3-4-10-29-19)23-16-31(11-12-32(22)23)20-6-1-2-7-20/h3-5,8-10,13,20-21,23H,1-2,6-7,11-12,14-16H2,(H,30,33)/t21-,23+/m0/s1. The van der Waals surface area contributed by atoms with E-state index in [1.165, 1.54) is 37.8 Å². The molecular weight excluding hydrogens is 429 g/mol. The maximum atomic E-state index is 13.4. The van der Waals surface area contributed by atoms with Crippen molar-refractivity contribution >= 4 is 11.6 Å². The normalized spacial score (nSPS) is 23.8. The van der Waals surface area contributed by atoms with Gasteiger partial charge in [0.15, 0.2) is 0 Å². The molecule has 1 aliphatic carbocycles. The highest BCUT2D eigenvalue weighted by molar-refractivity contribution is 5.82. The number of hydrogen-bond donors (Lipinski definition) is 1. The molecule has 5 nitrogen and oxygen atoms in total. The fourth-order valence-corrected chi connectivity index (χ4v) is 5.73. The Morgan fingerprint density at radius 3 is 2.67 bits per heavy atom. The van der Waals surface area contributed by atoms with Crippen molar-refractivity contribution in [2.24, 2.45) is 5.92 Å². The zero-order chi connectivity index (χ0) is 23.0. The number of pyridine rings is 1. The van der Waals surface area contributed by atoms with E-state index < -0.39 is 17.7 Å². The van der Waals surface area contributed by atoms with Crippen molar-refractivity contribution in [3.63, 3.8) is 0 Å². The van der Waals surface area contributed by atoms with Gasteiger partial charge in [-0.1, -0.05) is 18.9 Å². The minimum absolute atomic E-state index is 0.0488. The number of rotatable bonds is 4. The second-order valence-corrected chi connectivity index (χ2v) is 9.38. The molecule has 1 saturated carbocycles. The third kappa shape index (κ3) is 4.58. The lowest BCUT2D eigenvalue weighted by molar-refractivity contribution is -0.137. The van der Waals surface area contributed by atoms with Crippen LogP contribution in [0.1, 0.15) is 42.5 Å². The van der Waals surface area contributed by atoms with Crippen molar-refractivity contribution in [3.8, 4) is 0 Å². The molecule has 0 radical (unpaired) electrons. The minimum atomic E-state index is -4.40. The average molecular weight is 459 g/mol. The summed E-state index contributed by atoms with van der Waals surface area (Å²) in [4.78, 5) is 22.3. The third-order valence-electron chi connectivity index (χ3n) is 7.42. The summed E-state index contributed by atoms with van der Waals surface area (Å²) in [5.74, 6) is -0.527. The zero-order valence-electron chi connectivity index (χ0n) is 18.5. The van der Waals surface area contributed by atoms with Crippen LogP contribution in [0.3, 0.4) is 0 Å². The van der Waals surface area contributed by atoms with E-state index in [0.29, 0.717) is 24.6 Å². The summed E-state index contributed by atoms with van der Waals surface area (Å²) in [5, 5.41) is 2.99. The largest absolute Gasteiger partial charge is 0.416 e. The lowest BCUT2D eigenvalue weighted by Crippen LogP contribution is -2.62. The average Bonchev–Trinajstić information content (AvgIpc) is 3.36. The summed E-state index contributed by atoms with van der Waals surface area (Å²) in [5.41, 5.74) is 1.55. The van der Waals surface area contributed by atoms with Gasteiger partial charge in [0, 0.05) is 37.6 Å². The Morgan fingerprint density at radius 1 is 1.12 bits per heavy atom. The van der Waals surface area contributed by atoms with Gasteiger partial charge in [-0.25, -0.2) is 0 Å². The van der Waals surface area contributed by atoms with Gasteiger partial charge in [-0.15, -0.1) is 0 Å². The summed E-state index contributed by atoms with van der Waals surface area (Å²) < 4.78 is 40.1. The van der Waals surface area contributed by atoms with Gasteiger partial charge in [-0.05, 0) is 55.2 Å². The maximum Gasteiger partial charge on any atom is 0.416 e. The molecule has 5 rings (SSSR count). The molecule has 2 aromatic rings. The van der Waals surface area contributed by atoms with E-state index in [-0.39, 0.29) is 11.9 Å². The van der Waals surface area contributed by atoms with Crippen LogP contribution in [0.2, 0.25) is 0 Å². The third-order valence-corrected chi connectivity index (χ3v) is 7.42. The second-order valence-electron chi connectivity index (χ2n) is 9.38. The molecule has 0 unspecified atom stereocenters. The van der Waals surface area contributed by atoms with Crippen molar-refractivity contribution in [1.29, 1.82) is 0 Å². The molecule has 0 spiro atoms. The predicted octanol–water partition coefficient (Wildman–Crippen LogP) is 4.02. The Labute approximate surface area is 192 Å². The van der Waals surface area contributed by atoms with Crippen LogP contribution in [0.4, 0.5) is 18.9 Å². The number of alkyl halides is 3. The van der Waals surface area contributed by atoms with Gasteiger partial charge in [0.2, 0.25) is 5.91 Å². The van der Waals surface area contributed by atoms with E-state index in [1.807, 2.05) is 18.2 Å². The van der Waals surface area contributed by atoms with Crippen molar-refractivity contribution in [3.05, 3.63) is 59.4 Å². The van der Waals surface area contributed by atoms with E-state index in [0.717, 1.165) is 31.0 Å². The molecule has 176 valence electrons. The molecular formula is C25H29F3N4O. The van der Waals surface area contributed by atoms with Gasteiger partial charge in [0.1, 0.15) is 0 Å². The smallest absolute Gasteiger partial charge is 0.365 e. The Bertz CT molecular complexity index is 991. The lowest BCUT2D eigenvalue weighted by Gasteiger charge is -2.50. The summed E-state index contributed by atoms with van der Waals surface area (Å²) >= 11 is 0. The number of piperazine rings is 1. The van der Waals surface area contributed by atoms with E-state index >= 15 is 0 Å². The van der Waals surface area contributed by atoms with Gasteiger partial charge >= 0.3 is 6.18 Å². The van der Waals surface area contributed by atoms with Crippen LogP contribution in [0, 0.1) is 5.92 Å². The Balaban J connectivity index is 1.41. The number of benzene rings is 1. The van der Waals surface area contributed by atoms with Gasteiger partial charge in [0.25, 0.3) is 0 Å². The molecule has 1 amide bonds. The van der Waals surface area contributed by atoms with Crippen molar-refractivity contribution in [2.45, 2.75) is 56.9 Å². The molecule has 33 heavy (non-hydrogen) atoms. The fraction of sp³-hybridized carbons (Fsp3) is 0.520. The first-order chi connectivity index (χ1) is 15.9. The first kappa shape index (κ1) is 22.2. The van der Waals surface area contributed by atoms with E-state index in [9.17, 15) is 18.0 Å². The van der Waals surface area contributed by atoms with Gasteiger partial charge < -0.3 is 10.2 Å². The van der Waals surface area contributed by atoms with Gasteiger partial charge in [-0.3, -0.25) is 14.7 Å². The number of halogens is 3. The second kappa shape index (κ2) is 8.97. The zero-order valence-corrected chi connectivity index (χ0v) is 18.5. The number of anilines is 1. The molecule has 1 aromatic carbocycles. The summed E-state index contributed by atoms with van der Waals surface area (Å²) in [6, 6.07) is 10.0. The number of carbonyl (C=O) groups is 1. The lowest BCUT2D eigenvalue weighted by atomic mass is 9.82. The Kier molecular flexibility index (Phi) is 6.03. The van der Waals surface area contributed by atoms with E-state index in [4.69, 9.17) is 0 Å². The van der Waals surface area contributed by atoms with Crippen LogP contribution < -0.4 is 10.2 Å². The molecule has 1 saturated heterocycles. The van der Waals surface area contributed by atoms with Gasteiger partial charge in [0.05, 0.1) is 29.8 Å². The van der Waals surface area contributed by atoms with Crippen molar-refractivity contribution < 1.29 is 18.0 Å². The molecule has 8 heteroatoms. The van der Waals surface area contributed by atoms with E-state index in [1.54, 1.807) is 12.3 Å². The first-order valence-electron chi connectivity index (χ1n) is 11.8. The van der Waals surface area contributed by atoms with Gasteiger partial charge in [-0.2, -0.15) is 13.2 Å². The number of nitrogens with one attached hydrogen (secondary N) is 1. The van der Waals surface area contributed by atoms with Crippen molar-refractivity contribution in [2.75, 3.05) is 24.5 Å². The topological polar surface area (TPSA) is 48.5 Å². The monoisotopic (exact) mass is 458 g/mol. The number of aromatic nitrogens is 1. The molecule has 0 bridgehead atoms. The van der Waals surface area contributed by atoms with Crippen LogP contribution in [0.25, 0.3) is 0 Å². The number of fused-ring (bicyclic) bond motifs is 3. The number of nitrogens with zero attached hydrogens (tertiary/aromatic N) is 3. The number of amides is 1. The van der Waals surface area contributed by atoms with Crippen LogP contribution in [0.15, 0.2) is 42.6 Å². The molecule has 2 aliphatic heterocycles. The number of hydrogen-bond acceptors (Lipinski definition) is 4. The first-order valence-corrected chi connectivity index (χ1v) is 11.8. The van der Waals surface area contributed by atoms with Crippen LogP contribution >= 0.6 is 0 Å². The molecule has 3 aliphatic rings. The summed E-state index contributed by atoms with van der Waals surface area (Å²) in [7, 11) is 0. The summed E-state index contributed by atoms with van der Waals surface area (Å²) in [6.45, 7) is 2.69. The Morgan fingerprint density at radius 2 is 1.94 bits per heavy atom. The molecule has 1 N–H and O–H groups in total. The summed E-state index contributed by atoms with van der Waals surface area (Å²) in [6.07, 6.45) is 2.46. The number of carbonyl (C=O) groups excluding carboxylic acids is 1. The van der Waals surface area contributed by atoms with Crippen LogP contribution in [-0.2, 0) is 23.9 Å².